The molecular formula is C13H10N6. The maximum absolute atomic E-state index is 4.43. The van der Waals surface area contributed by atoms with Crippen molar-refractivity contribution in [2.75, 3.05) is 5.32 Å². The average Bonchev–Trinajstić information content (AvgIpc) is 2.49. The number of aromatic nitrogens is 5. The predicted octanol–water partition coefficient (Wildman–Crippen LogP) is 2.07. The molecule has 3 aromatic rings. The van der Waals surface area contributed by atoms with E-state index in [1.54, 1.807) is 37.2 Å². The lowest BCUT2D eigenvalue weighted by Gasteiger charge is -2.05. The van der Waals surface area contributed by atoms with Crippen LogP contribution in [0.1, 0.15) is 0 Å². The summed E-state index contributed by atoms with van der Waals surface area (Å²) in [5.74, 6) is 1.22. The van der Waals surface area contributed by atoms with Crippen LogP contribution in [-0.4, -0.2) is 24.9 Å². The molecule has 0 aliphatic heterocycles. The van der Waals surface area contributed by atoms with E-state index < -0.39 is 0 Å². The number of hydrogen-bond donors (Lipinski definition) is 1. The minimum absolute atomic E-state index is 0.601. The molecule has 92 valence electrons. The zero-order valence-corrected chi connectivity index (χ0v) is 9.93. The van der Waals surface area contributed by atoms with Gasteiger partial charge in [-0.05, 0) is 12.1 Å². The van der Waals surface area contributed by atoms with E-state index in [1.165, 1.54) is 0 Å². The molecule has 0 saturated heterocycles. The Bertz CT molecular complexity index is 656. The Morgan fingerprint density at radius 2 is 1.68 bits per heavy atom. The Kier molecular flexibility index (Phi) is 3.05. The molecule has 3 rings (SSSR count). The van der Waals surface area contributed by atoms with Crippen molar-refractivity contribution >= 4 is 11.6 Å². The molecule has 0 spiro atoms. The van der Waals surface area contributed by atoms with Gasteiger partial charge < -0.3 is 5.32 Å². The van der Waals surface area contributed by atoms with Gasteiger partial charge in [-0.15, -0.1) is 0 Å². The van der Waals surface area contributed by atoms with Crippen molar-refractivity contribution in [2.24, 2.45) is 0 Å². The maximum atomic E-state index is 4.43. The third-order valence-corrected chi connectivity index (χ3v) is 2.38. The molecule has 6 heteroatoms. The van der Waals surface area contributed by atoms with E-state index >= 15 is 0 Å². The summed E-state index contributed by atoms with van der Waals surface area (Å²) in [4.78, 5) is 20.9. The van der Waals surface area contributed by atoms with Crippen LogP contribution in [0.25, 0.3) is 11.4 Å². The molecule has 3 aromatic heterocycles. The number of nitrogens with one attached hydrogen (secondary N) is 1. The van der Waals surface area contributed by atoms with Crippen LogP contribution in [0.3, 0.4) is 0 Å². The Hall–Kier alpha value is -2.89. The summed E-state index contributed by atoms with van der Waals surface area (Å²) in [6.07, 6.45) is 9.86. The number of anilines is 2. The normalized spacial score (nSPS) is 10.1. The summed E-state index contributed by atoms with van der Waals surface area (Å²) in [7, 11) is 0. The van der Waals surface area contributed by atoms with Crippen molar-refractivity contribution in [1.82, 2.24) is 24.9 Å². The lowest BCUT2D eigenvalue weighted by molar-refractivity contribution is 1.15. The molecule has 3 heterocycles. The highest BCUT2D eigenvalue weighted by Gasteiger charge is 2.03. The van der Waals surface area contributed by atoms with Crippen LogP contribution in [0.5, 0.6) is 0 Å². The van der Waals surface area contributed by atoms with Crippen LogP contribution in [0.4, 0.5) is 11.6 Å². The first-order valence-electron chi connectivity index (χ1n) is 5.68. The molecular weight excluding hydrogens is 240 g/mol. The number of pyridine rings is 1. The smallest absolute Gasteiger partial charge is 0.150 e. The molecule has 0 bridgehead atoms. The number of nitrogens with zero attached hydrogens (tertiary/aromatic N) is 5. The van der Waals surface area contributed by atoms with Crippen molar-refractivity contribution in [2.45, 2.75) is 0 Å². The first-order valence-corrected chi connectivity index (χ1v) is 5.68. The van der Waals surface area contributed by atoms with E-state index in [2.05, 4.69) is 30.2 Å². The predicted molar refractivity (Wildman–Crippen MR) is 70.6 cm³/mol. The molecule has 0 aliphatic carbocycles. The first kappa shape index (κ1) is 11.2. The van der Waals surface area contributed by atoms with E-state index in [0.717, 1.165) is 5.69 Å². The molecule has 0 fully saturated rings. The Balaban J connectivity index is 1.89. The minimum Gasteiger partial charge on any atom is -0.322 e. The van der Waals surface area contributed by atoms with Gasteiger partial charge in [0.25, 0.3) is 0 Å². The van der Waals surface area contributed by atoms with Gasteiger partial charge in [0.05, 0.1) is 24.3 Å². The topological polar surface area (TPSA) is 76.5 Å². The van der Waals surface area contributed by atoms with E-state index in [0.29, 0.717) is 17.3 Å². The zero-order chi connectivity index (χ0) is 12.9. The molecule has 1 N–H and O–H groups in total. The average molecular weight is 250 g/mol. The second-order valence-corrected chi connectivity index (χ2v) is 3.72. The summed E-state index contributed by atoms with van der Waals surface area (Å²) < 4.78 is 0. The van der Waals surface area contributed by atoms with Crippen molar-refractivity contribution < 1.29 is 0 Å². The molecule has 0 amide bonds. The standard InChI is InChI=1S/C13H10N6/c1-2-4-16-10(3-1)11-7-15-9-13(18-11)19-12-8-14-5-6-17-12/h1-9H,(H,17,18,19). The molecule has 0 saturated carbocycles. The van der Waals surface area contributed by atoms with Crippen LogP contribution in [-0.2, 0) is 0 Å². The third-order valence-electron chi connectivity index (χ3n) is 2.38. The highest BCUT2D eigenvalue weighted by atomic mass is 15.1. The lowest BCUT2D eigenvalue weighted by atomic mass is 10.3. The van der Waals surface area contributed by atoms with Crippen LogP contribution >= 0.6 is 0 Å². The Morgan fingerprint density at radius 3 is 2.47 bits per heavy atom. The molecule has 0 aromatic carbocycles. The van der Waals surface area contributed by atoms with Crippen LogP contribution < -0.4 is 5.32 Å². The van der Waals surface area contributed by atoms with E-state index in [9.17, 15) is 0 Å². The zero-order valence-electron chi connectivity index (χ0n) is 9.93. The summed E-state index contributed by atoms with van der Waals surface area (Å²) in [5.41, 5.74) is 1.48. The van der Waals surface area contributed by atoms with Crippen LogP contribution in [0.2, 0.25) is 0 Å². The molecule has 0 atom stereocenters. The number of rotatable bonds is 3. The van der Waals surface area contributed by atoms with Gasteiger partial charge >= 0.3 is 0 Å². The number of hydrogen-bond acceptors (Lipinski definition) is 6. The van der Waals surface area contributed by atoms with Crippen molar-refractivity contribution in [3.8, 4) is 11.4 Å². The minimum atomic E-state index is 0.601. The Morgan fingerprint density at radius 1 is 0.737 bits per heavy atom. The second-order valence-electron chi connectivity index (χ2n) is 3.72. The van der Waals surface area contributed by atoms with Gasteiger partial charge in [-0.3, -0.25) is 15.0 Å². The van der Waals surface area contributed by atoms with Gasteiger partial charge in [0, 0.05) is 18.6 Å². The maximum Gasteiger partial charge on any atom is 0.150 e. The molecule has 0 aliphatic rings. The molecule has 0 radical (unpaired) electrons. The fourth-order valence-corrected chi connectivity index (χ4v) is 1.56. The Labute approximate surface area is 109 Å². The molecule has 0 unspecified atom stereocenters. The van der Waals surface area contributed by atoms with E-state index in [-0.39, 0.29) is 0 Å². The quantitative estimate of drug-likeness (QED) is 0.766. The highest BCUT2D eigenvalue weighted by molar-refractivity contribution is 5.57. The van der Waals surface area contributed by atoms with Gasteiger partial charge in [0.15, 0.2) is 5.82 Å². The van der Waals surface area contributed by atoms with E-state index in [1.807, 2.05) is 18.2 Å². The monoisotopic (exact) mass is 250 g/mol. The van der Waals surface area contributed by atoms with Gasteiger partial charge in [0.2, 0.25) is 0 Å². The summed E-state index contributed by atoms with van der Waals surface area (Å²) in [6, 6.07) is 5.65. The van der Waals surface area contributed by atoms with Crippen LogP contribution in [0, 0.1) is 0 Å². The summed E-state index contributed by atoms with van der Waals surface area (Å²) in [5, 5.41) is 3.04. The van der Waals surface area contributed by atoms with E-state index in [4.69, 9.17) is 0 Å². The van der Waals surface area contributed by atoms with Crippen molar-refractivity contribution in [3.63, 3.8) is 0 Å². The highest BCUT2D eigenvalue weighted by Crippen LogP contribution is 2.16. The summed E-state index contributed by atoms with van der Waals surface area (Å²) >= 11 is 0. The van der Waals surface area contributed by atoms with Gasteiger partial charge in [-0.25, -0.2) is 9.97 Å². The molecule has 19 heavy (non-hydrogen) atoms. The summed E-state index contributed by atoms with van der Waals surface area (Å²) in [6.45, 7) is 0. The van der Waals surface area contributed by atoms with Gasteiger partial charge in [0.1, 0.15) is 11.5 Å². The van der Waals surface area contributed by atoms with Gasteiger partial charge in [-0.2, -0.15) is 0 Å². The first-order chi connectivity index (χ1) is 9.42. The van der Waals surface area contributed by atoms with Crippen molar-refractivity contribution in [3.05, 3.63) is 55.4 Å². The third kappa shape index (κ3) is 2.68. The largest absolute Gasteiger partial charge is 0.322 e. The molecule has 6 nitrogen and oxygen atoms in total. The van der Waals surface area contributed by atoms with Gasteiger partial charge in [-0.1, -0.05) is 6.07 Å². The van der Waals surface area contributed by atoms with Crippen LogP contribution in [0.15, 0.2) is 55.4 Å². The SMILES string of the molecule is c1ccc(-c2cncc(Nc3cnccn3)n2)nc1. The second kappa shape index (κ2) is 5.18. The van der Waals surface area contributed by atoms with Crippen molar-refractivity contribution in [1.29, 1.82) is 0 Å². The fourth-order valence-electron chi connectivity index (χ4n) is 1.56. The fraction of sp³-hybridized carbons (Fsp3) is 0. The lowest BCUT2D eigenvalue weighted by Crippen LogP contribution is -1.98.